The van der Waals surface area contributed by atoms with Crippen molar-refractivity contribution >= 4 is 56.2 Å². The summed E-state index contributed by atoms with van der Waals surface area (Å²) in [5, 5.41) is 21.8. The Morgan fingerprint density at radius 2 is 1.16 bits per heavy atom. The molecule has 16 nitrogen and oxygen atoms in total. The smallest absolute Gasteiger partial charge is 0.858 e. The van der Waals surface area contributed by atoms with Gasteiger partial charge in [0.05, 0.1) is 54.7 Å². The van der Waals surface area contributed by atoms with Crippen molar-refractivity contribution in [2.75, 3.05) is 46.2 Å². The van der Waals surface area contributed by atoms with E-state index in [0.717, 1.165) is 82.2 Å². The third kappa shape index (κ3) is 44.0. The number of aryl methyl sites for hydroxylation is 1. The summed E-state index contributed by atoms with van der Waals surface area (Å²) in [6.45, 7) is 45.7. The molecule has 23 heteroatoms. The molecule has 0 N–H and O–H groups in total. The zero-order valence-electron chi connectivity index (χ0n) is 58.1. The summed E-state index contributed by atoms with van der Waals surface area (Å²) in [5.74, 6) is -0.0990. The van der Waals surface area contributed by atoms with E-state index in [1.165, 1.54) is 36.6 Å². The van der Waals surface area contributed by atoms with Gasteiger partial charge in [-0.05, 0) is 165 Å². The van der Waals surface area contributed by atoms with Gasteiger partial charge in [0, 0.05) is 24.6 Å². The molecule has 0 radical (unpaired) electrons. The first-order chi connectivity index (χ1) is 40.3. The number of unbranched alkanes of at least 4 members (excludes halogenated alkanes) is 1. The van der Waals surface area contributed by atoms with E-state index in [-0.39, 0.29) is 108 Å². The maximum Gasteiger partial charge on any atom is 1.00 e. The molecular weight excluding hydrogens is 1220 g/mol. The number of carbonyl (C=O) groups is 3. The van der Waals surface area contributed by atoms with E-state index < -0.39 is 38.1 Å². The largest absolute Gasteiger partial charge is 1.00 e. The number of hydrogen-bond donors (Lipinski definition) is 0. The Labute approximate surface area is 575 Å². The van der Waals surface area contributed by atoms with Crippen LogP contribution >= 0.6 is 0 Å². The van der Waals surface area contributed by atoms with Crippen molar-refractivity contribution in [2.45, 2.75) is 244 Å². The zero-order valence-corrected chi connectivity index (χ0v) is 64.1. The molecule has 0 aliphatic carbocycles. The van der Waals surface area contributed by atoms with Gasteiger partial charge >= 0.3 is 84.8 Å². The quantitative estimate of drug-likeness (QED) is 0.00906. The van der Waals surface area contributed by atoms with Crippen molar-refractivity contribution in [3.63, 3.8) is 0 Å². The Bertz CT molecular complexity index is 2330. The number of nitrogens with zero attached hydrogens (tertiary/aromatic N) is 2. The Morgan fingerprint density at radius 3 is 1.61 bits per heavy atom. The number of sulfonamides is 1. The molecule has 2 aromatic rings. The molecular formula is C65H116F3KN2O14SSi2. The minimum Gasteiger partial charge on any atom is -0.858 e. The fourth-order valence-corrected chi connectivity index (χ4v) is 17.2. The maximum atomic E-state index is 12.1. The number of alkyl halides is 3. The molecule has 0 aromatic heterocycles. The van der Waals surface area contributed by atoms with Gasteiger partial charge in [0.1, 0.15) is 6.61 Å². The Morgan fingerprint density at radius 1 is 0.648 bits per heavy atom. The van der Waals surface area contributed by atoms with E-state index >= 15 is 0 Å². The van der Waals surface area contributed by atoms with Crippen molar-refractivity contribution in [1.29, 1.82) is 0 Å². The van der Waals surface area contributed by atoms with E-state index in [4.69, 9.17) is 27.8 Å². The molecule has 0 aliphatic rings. The van der Waals surface area contributed by atoms with Crippen LogP contribution in [0.3, 0.4) is 0 Å². The Hall–Kier alpha value is -2.59. The van der Waals surface area contributed by atoms with Crippen LogP contribution in [0, 0.1) is 38.7 Å². The minimum absolute atomic E-state index is 0. The second-order valence-corrected chi connectivity index (χ2v) is 35.4. The molecule has 0 spiro atoms. The molecule has 0 amide bonds. The van der Waals surface area contributed by atoms with E-state index in [1.54, 1.807) is 24.3 Å². The summed E-state index contributed by atoms with van der Waals surface area (Å²) in [6, 6.07) is 14.8. The van der Waals surface area contributed by atoms with Gasteiger partial charge in [0.15, 0.2) is 16.6 Å². The fraction of sp³-hybridized carbons (Fsp3) is 0.754. The SMILES string of the molecule is CC(C)CCc1ccc([N+](=O)[O-])cc1.CCC(C)c1ccc(C([O-])=NS(=O)(=O)C(F)(F)F)cc1.CCCC(C)(CC)C(=O)OCCCC(C)C.CCCC[Si](C)(C)O[Si](C)(C)CCCOC(=O)C(C)(C)CC.CCOCCOCCOC(=O)C(C)CC.[K+]. The van der Waals surface area contributed by atoms with Crippen LogP contribution in [0.25, 0.3) is 0 Å². The van der Waals surface area contributed by atoms with Crippen molar-refractivity contribution in [2.24, 2.45) is 33.0 Å². The van der Waals surface area contributed by atoms with Crippen LogP contribution in [0.15, 0.2) is 52.9 Å². The molecule has 88 heavy (non-hydrogen) atoms. The molecule has 506 valence electrons. The van der Waals surface area contributed by atoms with Gasteiger partial charge in [-0.25, -0.2) is 0 Å². The zero-order chi connectivity index (χ0) is 67.7. The standard InChI is InChI=1S/C17H38O3Si2.C14H28O2.C12H14F3NO3S.C11H15NO2.C11H22O4.K/c1-9-11-14-21(5,6)20-22(7,8)15-12-13-19-16(18)17(3,4)10-2;1-6-10-14(5,7-2)13(15)16-11-8-9-12(3)4;1-3-8(2)9-4-6-10(7-5-9)11(17)16-20(18,19)12(13,14)15;1-9(2)3-4-10-5-7-11(8-6-10)12(13)14;1-4-10(3)11(12)15-9-8-14-7-6-13-5-2;/h9-15H2,1-8H3;12H,6-11H2,1-5H3;4-8H,3H2,1-2H3,(H,16,17);5-9H,3-4H2,1-2H3;10H,4-9H2,1-3H3;/q;;;;;+1/p-1. The average molecular weight is 1330 g/mol. The van der Waals surface area contributed by atoms with E-state index in [0.29, 0.717) is 58.1 Å². The molecule has 2 rings (SSSR count). The van der Waals surface area contributed by atoms with Gasteiger partial charge < -0.3 is 32.9 Å². The predicted molar refractivity (Wildman–Crippen MR) is 349 cm³/mol. The molecule has 0 saturated heterocycles. The molecule has 3 atom stereocenters. The average Bonchev–Trinajstić information content (AvgIpc) is 3.45. The number of halogens is 3. The number of carbonyl (C=O) groups excluding carboxylic acids is 3. The molecule has 0 aliphatic heterocycles. The number of ether oxygens (including phenoxy) is 5. The van der Waals surface area contributed by atoms with Crippen LogP contribution in [-0.2, 0) is 58.6 Å². The number of esters is 3. The van der Waals surface area contributed by atoms with Gasteiger partial charge in [0.2, 0.25) is 0 Å². The van der Waals surface area contributed by atoms with E-state index in [2.05, 4.69) is 79.1 Å². The summed E-state index contributed by atoms with van der Waals surface area (Å²) in [7, 11) is -8.97. The van der Waals surface area contributed by atoms with Gasteiger partial charge in [-0.15, -0.1) is 0 Å². The number of nitro benzene ring substituents is 1. The Balaban J connectivity index is -0.000000505. The van der Waals surface area contributed by atoms with Crippen LogP contribution < -0.4 is 56.5 Å². The second kappa shape index (κ2) is 49.1. The topological polar surface area (TPSA) is 219 Å². The molecule has 3 unspecified atom stereocenters. The van der Waals surface area contributed by atoms with Gasteiger partial charge in [-0.2, -0.15) is 26.0 Å². The summed E-state index contributed by atoms with van der Waals surface area (Å²) < 4.78 is 92.6. The molecule has 0 heterocycles. The molecule has 0 fully saturated rings. The number of benzene rings is 2. The van der Waals surface area contributed by atoms with Crippen LogP contribution in [0.5, 0.6) is 0 Å². The first kappa shape index (κ1) is 91.8. The molecule has 2 aromatic carbocycles. The first-order valence-electron chi connectivity index (χ1n) is 31.6. The second-order valence-electron chi connectivity index (χ2n) is 24.9. The summed E-state index contributed by atoms with van der Waals surface area (Å²) >= 11 is 0. The van der Waals surface area contributed by atoms with E-state index in [9.17, 15) is 51.2 Å². The molecule has 0 bridgehead atoms. The third-order valence-electron chi connectivity index (χ3n) is 14.6. The normalized spacial score (nSPS) is 13.3. The summed E-state index contributed by atoms with van der Waals surface area (Å²) in [5.41, 5.74) is -4.17. The maximum absolute atomic E-state index is 12.1. The number of nitro groups is 1. The summed E-state index contributed by atoms with van der Waals surface area (Å²) in [6.07, 6.45) is 13.0. The van der Waals surface area contributed by atoms with E-state index in [1.807, 2.05) is 74.4 Å². The van der Waals surface area contributed by atoms with Crippen LogP contribution in [0.1, 0.15) is 210 Å². The minimum atomic E-state index is -5.80. The third-order valence-corrected chi connectivity index (χ3v) is 23.1. The van der Waals surface area contributed by atoms with Crippen molar-refractivity contribution < 1.29 is 125 Å². The van der Waals surface area contributed by atoms with Gasteiger partial charge in [0.25, 0.3) is 5.69 Å². The van der Waals surface area contributed by atoms with Gasteiger partial charge in [-0.1, -0.05) is 139 Å². The van der Waals surface area contributed by atoms with Crippen LogP contribution in [-0.4, -0.2) is 106 Å². The molecule has 0 saturated carbocycles. The predicted octanol–water partition coefficient (Wildman–Crippen LogP) is 13.7. The number of rotatable bonds is 36. The van der Waals surface area contributed by atoms with Crippen LogP contribution in [0.2, 0.25) is 38.3 Å². The fourth-order valence-electron chi connectivity index (χ4n) is 7.78. The van der Waals surface area contributed by atoms with Crippen LogP contribution in [0.4, 0.5) is 18.9 Å². The first-order valence-corrected chi connectivity index (χ1v) is 39.3. The monoisotopic (exact) mass is 1330 g/mol. The van der Waals surface area contributed by atoms with Crippen molar-refractivity contribution in [1.82, 2.24) is 0 Å². The van der Waals surface area contributed by atoms with Gasteiger partial charge in [-0.3, -0.25) is 24.5 Å². The Kier molecular flexibility index (Phi) is 51.2. The number of hydrogen-bond acceptors (Lipinski definition) is 14. The number of non-ortho nitro benzene ring substituents is 1. The summed E-state index contributed by atoms with van der Waals surface area (Å²) in [4.78, 5) is 45.1. The van der Waals surface area contributed by atoms with Crippen molar-refractivity contribution in [3.05, 3.63) is 75.3 Å². The van der Waals surface area contributed by atoms with Crippen molar-refractivity contribution in [3.8, 4) is 0 Å².